The number of carbonyl (C=O) groups excluding carboxylic acids is 1. The van der Waals surface area contributed by atoms with Crippen molar-refractivity contribution in [3.05, 3.63) is 65.7 Å². The number of amides is 1. The van der Waals surface area contributed by atoms with Gasteiger partial charge in [-0.25, -0.2) is 4.98 Å². The maximum atomic E-state index is 12.3. The van der Waals surface area contributed by atoms with E-state index in [9.17, 15) is 4.79 Å². The Morgan fingerprint density at radius 1 is 1.16 bits per heavy atom. The van der Waals surface area contributed by atoms with Crippen molar-refractivity contribution in [1.82, 2.24) is 15.3 Å². The van der Waals surface area contributed by atoms with Gasteiger partial charge < -0.3 is 10.3 Å². The minimum absolute atomic E-state index is 0.0229. The Hall–Kier alpha value is -3.06. The molecule has 2 N–H and O–H groups in total. The van der Waals surface area contributed by atoms with Crippen LogP contribution in [0.2, 0.25) is 0 Å². The molecule has 0 unspecified atom stereocenters. The highest BCUT2D eigenvalue weighted by atomic mass is 16.1. The van der Waals surface area contributed by atoms with E-state index in [1.165, 1.54) is 0 Å². The first-order valence-electron chi connectivity index (χ1n) is 8.24. The molecule has 0 atom stereocenters. The number of fused-ring (bicyclic) bond motifs is 1. The first-order valence-corrected chi connectivity index (χ1v) is 8.24. The summed E-state index contributed by atoms with van der Waals surface area (Å²) < 4.78 is 0. The van der Waals surface area contributed by atoms with Crippen LogP contribution in [0.15, 0.2) is 48.8 Å². The van der Waals surface area contributed by atoms with Crippen LogP contribution in [0.1, 0.15) is 42.5 Å². The normalized spacial score (nSPS) is 11.0. The van der Waals surface area contributed by atoms with Crippen molar-refractivity contribution in [2.45, 2.75) is 27.3 Å². The van der Waals surface area contributed by atoms with Crippen molar-refractivity contribution < 1.29 is 4.79 Å². The molecule has 0 spiro atoms. The molecule has 0 saturated heterocycles. The molecule has 0 aliphatic carbocycles. The molecule has 0 aliphatic heterocycles. The Kier molecular flexibility index (Phi) is 4.58. The van der Waals surface area contributed by atoms with E-state index in [1.54, 1.807) is 12.4 Å². The fraction of sp³-hybridized carbons (Fsp3) is 0.238. The van der Waals surface area contributed by atoms with Gasteiger partial charge in [-0.05, 0) is 55.8 Å². The number of aromatic nitrogens is 2. The highest BCUT2D eigenvalue weighted by Gasteiger charge is 2.07. The zero-order chi connectivity index (χ0) is 17.9. The van der Waals surface area contributed by atoms with Crippen LogP contribution in [0, 0.1) is 17.3 Å². The Morgan fingerprint density at radius 2 is 1.92 bits per heavy atom. The van der Waals surface area contributed by atoms with Gasteiger partial charge in [-0.1, -0.05) is 24.0 Å². The van der Waals surface area contributed by atoms with Gasteiger partial charge in [0.05, 0.1) is 6.54 Å². The van der Waals surface area contributed by atoms with Crippen LogP contribution in [0.3, 0.4) is 0 Å². The summed E-state index contributed by atoms with van der Waals surface area (Å²) in [7, 11) is 0. The molecule has 126 valence electrons. The van der Waals surface area contributed by atoms with E-state index < -0.39 is 0 Å². The third kappa shape index (κ3) is 4.48. The van der Waals surface area contributed by atoms with Crippen LogP contribution in [-0.4, -0.2) is 15.9 Å². The molecule has 0 fully saturated rings. The quantitative estimate of drug-likeness (QED) is 0.715. The summed E-state index contributed by atoms with van der Waals surface area (Å²) in [6.45, 7) is 6.66. The molecular formula is C21H21N3O. The number of nitrogens with zero attached hydrogens (tertiary/aromatic N) is 1. The van der Waals surface area contributed by atoms with Crippen LogP contribution in [0.4, 0.5) is 0 Å². The van der Waals surface area contributed by atoms with Crippen molar-refractivity contribution >= 4 is 16.7 Å². The number of hydrogen-bond donors (Lipinski definition) is 2. The average molecular weight is 331 g/mol. The summed E-state index contributed by atoms with van der Waals surface area (Å²) in [5, 5.41) is 4.95. The first-order chi connectivity index (χ1) is 11.9. The molecule has 0 bridgehead atoms. The maximum Gasteiger partial charge on any atom is 0.251 e. The summed E-state index contributed by atoms with van der Waals surface area (Å²) in [6, 6.07) is 11.7. The molecule has 2 aromatic carbocycles. The predicted molar refractivity (Wildman–Crippen MR) is 100 cm³/mol. The van der Waals surface area contributed by atoms with Crippen LogP contribution in [-0.2, 0) is 6.54 Å². The van der Waals surface area contributed by atoms with E-state index in [-0.39, 0.29) is 11.3 Å². The lowest BCUT2D eigenvalue weighted by molar-refractivity contribution is 0.0950. The van der Waals surface area contributed by atoms with Crippen molar-refractivity contribution in [2.75, 3.05) is 0 Å². The second-order valence-electron chi connectivity index (χ2n) is 7.00. The number of rotatable bonds is 3. The van der Waals surface area contributed by atoms with Gasteiger partial charge in [-0.15, -0.1) is 0 Å². The Balaban J connectivity index is 1.78. The lowest BCUT2D eigenvalue weighted by Crippen LogP contribution is -2.23. The van der Waals surface area contributed by atoms with Crippen molar-refractivity contribution in [3.63, 3.8) is 0 Å². The third-order valence-electron chi connectivity index (χ3n) is 3.66. The van der Waals surface area contributed by atoms with Crippen LogP contribution >= 0.6 is 0 Å². The van der Waals surface area contributed by atoms with Crippen LogP contribution in [0.25, 0.3) is 10.8 Å². The average Bonchev–Trinajstić information content (AvgIpc) is 3.10. The van der Waals surface area contributed by atoms with Crippen LogP contribution < -0.4 is 5.32 Å². The van der Waals surface area contributed by atoms with Gasteiger partial charge in [-0.3, -0.25) is 4.79 Å². The zero-order valence-corrected chi connectivity index (χ0v) is 14.7. The number of carbonyl (C=O) groups is 1. The standard InChI is InChI=1S/C21H21N3O/c1-21(2,3)9-8-15-4-5-17-13-18(7-6-16(17)12-15)20(25)24-14-19-22-10-11-23-19/h4-7,10-13H,14H2,1-3H3,(H,22,23)(H,24,25). The van der Waals surface area contributed by atoms with E-state index in [1.807, 2.05) is 30.3 Å². The van der Waals surface area contributed by atoms with Gasteiger partial charge in [0.15, 0.2) is 0 Å². The summed E-state index contributed by atoms with van der Waals surface area (Å²) in [4.78, 5) is 19.3. The maximum absolute atomic E-state index is 12.3. The second-order valence-corrected chi connectivity index (χ2v) is 7.00. The molecule has 1 heterocycles. The lowest BCUT2D eigenvalue weighted by atomic mass is 9.97. The number of benzene rings is 2. The van der Waals surface area contributed by atoms with Gasteiger partial charge in [-0.2, -0.15) is 0 Å². The number of H-pyrrole nitrogens is 1. The second kappa shape index (κ2) is 6.82. The zero-order valence-electron chi connectivity index (χ0n) is 14.7. The molecule has 0 radical (unpaired) electrons. The first kappa shape index (κ1) is 16.8. The van der Waals surface area contributed by atoms with Gasteiger partial charge in [0.25, 0.3) is 5.91 Å². The summed E-state index contributed by atoms with van der Waals surface area (Å²) in [5.41, 5.74) is 1.59. The Bertz CT molecular complexity index is 954. The minimum Gasteiger partial charge on any atom is -0.347 e. The third-order valence-corrected chi connectivity index (χ3v) is 3.66. The van der Waals surface area contributed by atoms with E-state index in [2.05, 4.69) is 54.0 Å². The van der Waals surface area contributed by atoms with E-state index in [4.69, 9.17) is 0 Å². The van der Waals surface area contributed by atoms with E-state index in [0.29, 0.717) is 12.1 Å². The molecule has 0 saturated carbocycles. The summed E-state index contributed by atoms with van der Waals surface area (Å²) in [5.74, 6) is 7.07. The fourth-order valence-corrected chi connectivity index (χ4v) is 2.39. The number of aromatic amines is 1. The number of imidazole rings is 1. The molecule has 1 aromatic heterocycles. The smallest absolute Gasteiger partial charge is 0.251 e. The number of hydrogen-bond acceptors (Lipinski definition) is 2. The molecule has 0 aliphatic rings. The molecule has 4 heteroatoms. The molecule has 25 heavy (non-hydrogen) atoms. The van der Waals surface area contributed by atoms with Crippen molar-refractivity contribution in [2.24, 2.45) is 5.41 Å². The SMILES string of the molecule is CC(C)(C)C#Cc1ccc2cc(C(=O)NCc3ncc[nH]3)ccc2c1. The summed E-state index contributed by atoms with van der Waals surface area (Å²) in [6.07, 6.45) is 3.40. The predicted octanol–water partition coefficient (Wildman–Crippen LogP) is 3.89. The van der Waals surface area contributed by atoms with E-state index in [0.717, 1.165) is 22.2 Å². The molecule has 3 aromatic rings. The fourth-order valence-electron chi connectivity index (χ4n) is 2.39. The highest BCUT2D eigenvalue weighted by Crippen LogP contribution is 2.18. The summed E-state index contributed by atoms with van der Waals surface area (Å²) >= 11 is 0. The Labute approximate surface area is 147 Å². The number of nitrogens with one attached hydrogen (secondary N) is 2. The molecule has 3 rings (SSSR count). The van der Waals surface area contributed by atoms with Gasteiger partial charge in [0.1, 0.15) is 5.82 Å². The molecule has 4 nitrogen and oxygen atoms in total. The largest absolute Gasteiger partial charge is 0.347 e. The van der Waals surface area contributed by atoms with Gasteiger partial charge in [0, 0.05) is 28.9 Å². The van der Waals surface area contributed by atoms with Crippen LogP contribution in [0.5, 0.6) is 0 Å². The van der Waals surface area contributed by atoms with Gasteiger partial charge >= 0.3 is 0 Å². The highest BCUT2D eigenvalue weighted by molar-refractivity contribution is 5.98. The van der Waals surface area contributed by atoms with Gasteiger partial charge in [0.2, 0.25) is 0 Å². The monoisotopic (exact) mass is 331 g/mol. The van der Waals surface area contributed by atoms with E-state index >= 15 is 0 Å². The minimum atomic E-state index is -0.116. The molecule has 1 amide bonds. The lowest BCUT2D eigenvalue weighted by Gasteiger charge is -2.07. The molecular weight excluding hydrogens is 310 g/mol. The van der Waals surface area contributed by atoms with Crippen molar-refractivity contribution in [1.29, 1.82) is 0 Å². The topological polar surface area (TPSA) is 57.8 Å². The Morgan fingerprint density at radius 3 is 2.64 bits per heavy atom. The van der Waals surface area contributed by atoms with Crippen molar-refractivity contribution in [3.8, 4) is 11.8 Å².